The van der Waals surface area contributed by atoms with Gasteiger partial charge in [0, 0.05) is 13.1 Å². The Hall–Kier alpha value is -1.75. The zero-order chi connectivity index (χ0) is 15.5. The maximum Gasteiger partial charge on any atom is 0.315 e. The lowest BCUT2D eigenvalue weighted by Crippen LogP contribution is -2.36. The molecule has 0 unspecified atom stereocenters. The first-order valence-corrected chi connectivity index (χ1v) is 7.56. The van der Waals surface area contributed by atoms with E-state index >= 15 is 0 Å². The molecule has 0 aliphatic carbocycles. The van der Waals surface area contributed by atoms with Crippen LogP contribution in [0, 0.1) is 0 Å². The molecule has 2 amide bonds. The number of amides is 2. The Morgan fingerprint density at radius 2 is 2.00 bits per heavy atom. The van der Waals surface area contributed by atoms with E-state index < -0.39 is 0 Å². The van der Waals surface area contributed by atoms with E-state index in [2.05, 4.69) is 29.4 Å². The van der Waals surface area contributed by atoms with Gasteiger partial charge in [0.1, 0.15) is 5.75 Å². The van der Waals surface area contributed by atoms with Gasteiger partial charge in [-0.15, -0.1) is 0 Å². The molecule has 21 heavy (non-hydrogen) atoms. The van der Waals surface area contributed by atoms with Crippen molar-refractivity contribution in [3.63, 3.8) is 0 Å². The highest BCUT2D eigenvalue weighted by atomic mass is 16.5. The quantitative estimate of drug-likeness (QED) is 0.687. The van der Waals surface area contributed by atoms with Gasteiger partial charge in [-0.2, -0.15) is 0 Å². The third-order valence-corrected chi connectivity index (χ3v) is 3.42. The molecule has 5 heteroatoms. The number of ether oxygens (including phenoxy) is 1. The second kappa shape index (κ2) is 10.0. The summed E-state index contributed by atoms with van der Waals surface area (Å²) in [5.74, 6) is 0.800. The zero-order valence-electron chi connectivity index (χ0n) is 13.3. The number of carbonyl (C=O) groups excluding carboxylic acids is 1. The number of carbonyl (C=O) groups is 1. The summed E-state index contributed by atoms with van der Waals surface area (Å²) in [4.78, 5) is 14.0. The average molecular weight is 293 g/mol. The molecule has 1 aromatic carbocycles. The van der Waals surface area contributed by atoms with Crippen molar-refractivity contribution in [3.05, 3.63) is 29.8 Å². The monoisotopic (exact) mass is 293 g/mol. The van der Waals surface area contributed by atoms with E-state index in [9.17, 15) is 4.79 Å². The largest absolute Gasteiger partial charge is 0.497 e. The van der Waals surface area contributed by atoms with Crippen LogP contribution in [0.3, 0.4) is 0 Å². The van der Waals surface area contributed by atoms with E-state index in [-0.39, 0.29) is 6.03 Å². The van der Waals surface area contributed by atoms with E-state index in [1.54, 1.807) is 7.11 Å². The van der Waals surface area contributed by atoms with Crippen molar-refractivity contribution >= 4 is 6.03 Å². The van der Waals surface area contributed by atoms with Crippen molar-refractivity contribution in [2.45, 2.75) is 26.8 Å². The fourth-order valence-corrected chi connectivity index (χ4v) is 2.07. The number of hydrogen-bond donors (Lipinski definition) is 2. The maximum atomic E-state index is 11.7. The van der Waals surface area contributed by atoms with Gasteiger partial charge in [0.25, 0.3) is 0 Å². The van der Waals surface area contributed by atoms with Gasteiger partial charge in [0.2, 0.25) is 0 Å². The molecule has 1 rings (SSSR count). The normalized spacial score (nSPS) is 10.5. The number of rotatable bonds is 9. The van der Waals surface area contributed by atoms with Gasteiger partial charge in [0.15, 0.2) is 0 Å². The molecule has 5 nitrogen and oxygen atoms in total. The summed E-state index contributed by atoms with van der Waals surface area (Å²) >= 11 is 0. The van der Waals surface area contributed by atoms with E-state index in [4.69, 9.17) is 4.74 Å². The van der Waals surface area contributed by atoms with Gasteiger partial charge in [0.05, 0.1) is 7.11 Å². The number of hydrogen-bond acceptors (Lipinski definition) is 3. The minimum Gasteiger partial charge on any atom is -0.497 e. The molecule has 0 aliphatic heterocycles. The molecule has 1 aromatic rings. The number of urea groups is 1. The molecule has 2 N–H and O–H groups in total. The molecule has 0 aromatic heterocycles. The Morgan fingerprint density at radius 1 is 1.24 bits per heavy atom. The third kappa shape index (κ3) is 6.99. The lowest BCUT2D eigenvalue weighted by atomic mass is 10.2. The Morgan fingerprint density at radius 3 is 2.67 bits per heavy atom. The van der Waals surface area contributed by atoms with Crippen molar-refractivity contribution in [2.24, 2.45) is 0 Å². The summed E-state index contributed by atoms with van der Waals surface area (Å²) in [5, 5.41) is 5.72. The topological polar surface area (TPSA) is 53.6 Å². The lowest BCUT2D eigenvalue weighted by Gasteiger charge is -2.17. The zero-order valence-corrected chi connectivity index (χ0v) is 13.3. The summed E-state index contributed by atoms with van der Waals surface area (Å²) in [6.45, 7) is 8.62. The van der Waals surface area contributed by atoms with Crippen LogP contribution in [0.2, 0.25) is 0 Å². The second-order valence-corrected chi connectivity index (χ2v) is 4.84. The van der Waals surface area contributed by atoms with Crippen LogP contribution in [-0.4, -0.2) is 44.2 Å². The van der Waals surface area contributed by atoms with Gasteiger partial charge in [-0.3, -0.25) is 0 Å². The van der Waals surface area contributed by atoms with Crippen LogP contribution in [0.15, 0.2) is 24.3 Å². The molecule has 0 fully saturated rings. The highest BCUT2D eigenvalue weighted by Crippen LogP contribution is 2.11. The standard InChI is InChI=1S/C16H27N3O2/c1-4-19(5-2)11-7-10-17-16(20)18-13-14-8-6-9-15(12-14)21-3/h6,8-9,12H,4-5,7,10-11,13H2,1-3H3,(H2,17,18,20). The van der Waals surface area contributed by atoms with Crippen molar-refractivity contribution in [3.8, 4) is 5.75 Å². The molecule has 0 aliphatic rings. The smallest absolute Gasteiger partial charge is 0.315 e. The van der Waals surface area contributed by atoms with Crippen LogP contribution in [0.25, 0.3) is 0 Å². The number of methoxy groups -OCH3 is 1. The fourth-order valence-electron chi connectivity index (χ4n) is 2.07. The minimum absolute atomic E-state index is 0.127. The molecule has 0 radical (unpaired) electrons. The van der Waals surface area contributed by atoms with E-state index in [0.29, 0.717) is 13.1 Å². The van der Waals surface area contributed by atoms with Crippen LogP contribution in [-0.2, 0) is 6.54 Å². The van der Waals surface area contributed by atoms with Crippen LogP contribution in [0.1, 0.15) is 25.8 Å². The lowest BCUT2D eigenvalue weighted by molar-refractivity contribution is 0.239. The molecule has 0 heterocycles. The van der Waals surface area contributed by atoms with Crippen LogP contribution in [0.5, 0.6) is 5.75 Å². The predicted molar refractivity (Wildman–Crippen MR) is 85.6 cm³/mol. The summed E-state index contributed by atoms with van der Waals surface area (Å²) in [5.41, 5.74) is 1.02. The number of nitrogens with zero attached hydrogens (tertiary/aromatic N) is 1. The third-order valence-electron chi connectivity index (χ3n) is 3.42. The van der Waals surface area contributed by atoms with Crippen LogP contribution >= 0.6 is 0 Å². The predicted octanol–water partition coefficient (Wildman–Crippen LogP) is 2.23. The van der Waals surface area contributed by atoms with Gasteiger partial charge in [-0.25, -0.2) is 4.79 Å². The molecule has 0 saturated carbocycles. The van der Waals surface area contributed by atoms with Crippen molar-refractivity contribution in [1.29, 1.82) is 0 Å². The van der Waals surface area contributed by atoms with Crippen molar-refractivity contribution in [2.75, 3.05) is 33.3 Å². The SMILES string of the molecule is CCN(CC)CCCNC(=O)NCc1cccc(OC)c1. The minimum atomic E-state index is -0.127. The number of benzene rings is 1. The van der Waals surface area contributed by atoms with Gasteiger partial charge >= 0.3 is 6.03 Å². The molecule has 0 atom stereocenters. The molecule has 118 valence electrons. The molecular weight excluding hydrogens is 266 g/mol. The molecule has 0 bridgehead atoms. The average Bonchev–Trinajstić information content (AvgIpc) is 2.53. The van der Waals surface area contributed by atoms with Crippen LogP contribution < -0.4 is 15.4 Å². The molecule has 0 saturated heterocycles. The van der Waals surface area contributed by atoms with Crippen molar-refractivity contribution < 1.29 is 9.53 Å². The second-order valence-electron chi connectivity index (χ2n) is 4.84. The van der Waals surface area contributed by atoms with E-state index in [1.165, 1.54) is 0 Å². The summed E-state index contributed by atoms with van der Waals surface area (Å²) in [6, 6.07) is 7.55. The van der Waals surface area contributed by atoms with Crippen LogP contribution in [0.4, 0.5) is 4.79 Å². The Labute approximate surface area is 127 Å². The molecular formula is C16H27N3O2. The summed E-state index contributed by atoms with van der Waals surface area (Å²) < 4.78 is 5.15. The first-order chi connectivity index (χ1) is 10.2. The highest BCUT2D eigenvalue weighted by Gasteiger charge is 2.02. The summed E-state index contributed by atoms with van der Waals surface area (Å²) in [7, 11) is 1.63. The first kappa shape index (κ1) is 17.3. The Balaban J connectivity index is 2.19. The highest BCUT2D eigenvalue weighted by molar-refractivity contribution is 5.73. The first-order valence-electron chi connectivity index (χ1n) is 7.56. The summed E-state index contributed by atoms with van der Waals surface area (Å²) in [6.07, 6.45) is 0.967. The van der Waals surface area contributed by atoms with Gasteiger partial charge in [-0.05, 0) is 43.8 Å². The number of nitrogens with one attached hydrogen (secondary N) is 2. The maximum absolute atomic E-state index is 11.7. The van der Waals surface area contributed by atoms with Gasteiger partial charge < -0.3 is 20.3 Å². The Kier molecular flexibility index (Phi) is 8.28. The van der Waals surface area contributed by atoms with E-state index in [0.717, 1.165) is 37.4 Å². The van der Waals surface area contributed by atoms with Crippen molar-refractivity contribution in [1.82, 2.24) is 15.5 Å². The Bertz CT molecular complexity index is 420. The molecule has 0 spiro atoms. The van der Waals surface area contributed by atoms with E-state index in [1.807, 2.05) is 24.3 Å². The van der Waals surface area contributed by atoms with Gasteiger partial charge in [-0.1, -0.05) is 26.0 Å². The fraction of sp³-hybridized carbons (Fsp3) is 0.562.